The molecule has 7 nitrogen and oxygen atoms in total. The van der Waals surface area contributed by atoms with Gasteiger partial charge in [-0.1, -0.05) is 6.07 Å². The normalized spacial score (nSPS) is 20.7. The first kappa shape index (κ1) is 19.7. The SMILES string of the molecule is COc1cccc(N=C2Sc3nc4cc5c(cc4cc3CN2C[C@@H]2CCCO2)OCO5)c1. The van der Waals surface area contributed by atoms with Crippen LogP contribution in [0.15, 0.2) is 52.5 Å². The van der Waals surface area contributed by atoms with Gasteiger partial charge in [0.25, 0.3) is 0 Å². The largest absolute Gasteiger partial charge is 0.497 e. The Labute approximate surface area is 190 Å². The molecule has 4 heterocycles. The van der Waals surface area contributed by atoms with Crippen LogP contribution in [0.2, 0.25) is 0 Å². The standard InChI is InChI=1S/C24H23N3O4S/c1-28-18-5-2-4-17(10-18)25-24-27(13-19-6-3-7-29-19)12-16-8-15-9-21-22(31-14-30-21)11-20(15)26-23(16)32-24/h2,4-5,8-11,19H,3,6-7,12-14H2,1H3/t19-/m0/s1. The molecule has 0 unspecified atom stereocenters. The molecule has 1 aromatic heterocycles. The van der Waals surface area contributed by atoms with E-state index in [0.717, 1.165) is 76.6 Å². The number of ether oxygens (including phenoxy) is 4. The number of hydrogen-bond acceptors (Lipinski definition) is 7. The Morgan fingerprint density at radius 2 is 2.09 bits per heavy atom. The predicted molar refractivity (Wildman–Crippen MR) is 123 cm³/mol. The molecular weight excluding hydrogens is 426 g/mol. The Bertz CT molecular complexity index is 1210. The van der Waals surface area contributed by atoms with Crippen molar-refractivity contribution in [1.82, 2.24) is 9.88 Å². The van der Waals surface area contributed by atoms with Crippen LogP contribution in [0.25, 0.3) is 10.9 Å². The molecule has 0 N–H and O–H groups in total. The average molecular weight is 450 g/mol. The highest BCUT2D eigenvalue weighted by atomic mass is 32.2. The van der Waals surface area contributed by atoms with Crippen molar-refractivity contribution < 1.29 is 18.9 Å². The molecule has 32 heavy (non-hydrogen) atoms. The van der Waals surface area contributed by atoms with Gasteiger partial charge in [0.1, 0.15) is 10.8 Å². The number of aliphatic imine (C=N–C) groups is 1. The van der Waals surface area contributed by atoms with Crippen LogP contribution in [-0.4, -0.2) is 48.2 Å². The van der Waals surface area contributed by atoms with Gasteiger partial charge in [0.2, 0.25) is 6.79 Å². The number of methoxy groups -OCH3 is 1. The molecule has 1 fully saturated rings. The number of rotatable bonds is 4. The van der Waals surface area contributed by atoms with Crippen molar-refractivity contribution in [3.05, 3.63) is 48.0 Å². The van der Waals surface area contributed by atoms with E-state index >= 15 is 0 Å². The fraction of sp³-hybridized carbons (Fsp3) is 0.333. The number of aromatic nitrogens is 1. The van der Waals surface area contributed by atoms with Crippen LogP contribution in [0.3, 0.4) is 0 Å². The molecule has 2 aromatic carbocycles. The Balaban J connectivity index is 1.39. The minimum absolute atomic E-state index is 0.231. The van der Waals surface area contributed by atoms with Crippen molar-refractivity contribution in [2.24, 2.45) is 4.99 Å². The molecule has 0 amide bonds. The van der Waals surface area contributed by atoms with E-state index in [1.165, 1.54) is 5.56 Å². The van der Waals surface area contributed by atoms with Gasteiger partial charge in [0, 0.05) is 42.8 Å². The van der Waals surface area contributed by atoms with E-state index < -0.39 is 0 Å². The van der Waals surface area contributed by atoms with Gasteiger partial charge in [0.05, 0.1) is 24.4 Å². The highest BCUT2D eigenvalue weighted by molar-refractivity contribution is 8.13. The van der Waals surface area contributed by atoms with Gasteiger partial charge in [-0.05, 0) is 48.9 Å². The van der Waals surface area contributed by atoms with Crippen LogP contribution in [0.1, 0.15) is 18.4 Å². The van der Waals surface area contributed by atoms with Gasteiger partial charge in [-0.25, -0.2) is 9.98 Å². The Morgan fingerprint density at radius 3 is 2.94 bits per heavy atom. The lowest BCUT2D eigenvalue weighted by atomic mass is 10.1. The van der Waals surface area contributed by atoms with Crippen LogP contribution in [-0.2, 0) is 11.3 Å². The number of pyridine rings is 1. The maximum atomic E-state index is 5.93. The molecule has 0 bridgehead atoms. The second-order valence-electron chi connectivity index (χ2n) is 8.06. The van der Waals surface area contributed by atoms with Crippen LogP contribution >= 0.6 is 11.8 Å². The second kappa shape index (κ2) is 8.18. The third kappa shape index (κ3) is 3.73. The van der Waals surface area contributed by atoms with Crippen LogP contribution in [0.5, 0.6) is 17.2 Å². The van der Waals surface area contributed by atoms with Crippen molar-refractivity contribution in [1.29, 1.82) is 0 Å². The first-order chi connectivity index (χ1) is 15.7. The van der Waals surface area contributed by atoms with E-state index in [-0.39, 0.29) is 12.9 Å². The third-order valence-electron chi connectivity index (χ3n) is 5.89. The summed E-state index contributed by atoms with van der Waals surface area (Å²) in [5.41, 5.74) is 2.94. The van der Waals surface area contributed by atoms with Crippen molar-refractivity contribution >= 4 is 33.5 Å². The van der Waals surface area contributed by atoms with Gasteiger partial charge in [-0.2, -0.15) is 0 Å². The number of hydrogen-bond donors (Lipinski definition) is 0. The fourth-order valence-electron chi connectivity index (χ4n) is 4.28. The predicted octanol–water partition coefficient (Wildman–Crippen LogP) is 4.75. The molecule has 0 aliphatic carbocycles. The second-order valence-corrected chi connectivity index (χ2v) is 9.02. The van der Waals surface area contributed by atoms with Gasteiger partial charge < -0.3 is 23.8 Å². The van der Waals surface area contributed by atoms with Crippen molar-refractivity contribution in [3.63, 3.8) is 0 Å². The Morgan fingerprint density at radius 1 is 1.19 bits per heavy atom. The number of fused-ring (bicyclic) bond motifs is 3. The molecule has 0 spiro atoms. The maximum Gasteiger partial charge on any atom is 0.231 e. The van der Waals surface area contributed by atoms with Gasteiger partial charge in [0.15, 0.2) is 16.7 Å². The maximum absolute atomic E-state index is 5.93. The van der Waals surface area contributed by atoms with E-state index in [1.807, 2.05) is 36.4 Å². The molecule has 6 rings (SSSR count). The van der Waals surface area contributed by atoms with E-state index in [9.17, 15) is 0 Å². The molecule has 0 radical (unpaired) electrons. The lowest BCUT2D eigenvalue weighted by Gasteiger charge is -2.32. The first-order valence-corrected chi connectivity index (χ1v) is 11.6. The molecule has 164 valence electrons. The first-order valence-electron chi connectivity index (χ1n) is 10.8. The molecule has 0 saturated carbocycles. The zero-order valence-electron chi connectivity index (χ0n) is 17.7. The Hall–Kier alpha value is -2.97. The van der Waals surface area contributed by atoms with Crippen molar-refractivity contribution in [3.8, 4) is 17.2 Å². The van der Waals surface area contributed by atoms with Crippen molar-refractivity contribution in [2.45, 2.75) is 30.5 Å². The zero-order valence-corrected chi connectivity index (χ0v) is 18.6. The van der Waals surface area contributed by atoms with E-state index in [2.05, 4.69) is 11.0 Å². The summed E-state index contributed by atoms with van der Waals surface area (Å²) in [7, 11) is 1.67. The van der Waals surface area contributed by atoms with Crippen LogP contribution in [0.4, 0.5) is 5.69 Å². The number of thioether (sulfide) groups is 1. The molecular formula is C24H23N3O4S. The summed E-state index contributed by atoms with van der Waals surface area (Å²) in [6, 6.07) is 14.0. The van der Waals surface area contributed by atoms with Gasteiger partial charge in [-0.3, -0.25) is 0 Å². The fourth-order valence-corrected chi connectivity index (χ4v) is 5.27. The number of benzene rings is 2. The van der Waals surface area contributed by atoms with E-state index in [4.69, 9.17) is 28.9 Å². The molecule has 8 heteroatoms. The smallest absolute Gasteiger partial charge is 0.231 e. The highest BCUT2D eigenvalue weighted by Gasteiger charge is 2.28. The molecule has 3 aliphatic heterocycles. The minimum Gasteiger partial charge on any atom is -0.497 e. The lowest BCUT2D eigenvalue weighted by Crippen LogP contribution is -2.37. The lowest BCUT2D eigenvalue weighted by molar-refractivity contribution is 0.0903. The average Bonchev–Trinajstić information content (AvgIpc) is 3.48. The summed E-state index contributed by atoms with van der Waals surface area (Å²) in [6.45, 7) is 2.65. The number of amidine groups is 1. The third-order valence-corrected chi connectivity index (χ3v) is 6.97. The summed E-state index contributed by atoms with van der Waals surface area (Å²) < 4.78 is 22.4. The van der Waals surface area contributed by atoms with Gasteiger partial charge in [-0.15, -0.1) is 0 Å². The monoisotopic (exact) mass is 449 g/mol. The minimum atomic E-state index is 0.231. The summed E-state index contributed by atoms with van der Waals surface area (Å²) in [5, 5.41) is 2.95. The topological polar surface area (TPSA) is 65.4 Å². The molecule has 3 aromatic rings. The summed E-state index contributed by atoms with van der Waals surface area (Å²) >= 11 is 1.60. The summed E-state index contributed by atoms with van der Waals surface area (Å²) in [5.74, 6) is 2.31. The quantitative estimate of drug-likeness (QED) is 0.570. The number of nitrogens with zero attached hydrogens (tertiary/aromatic N) is 3. The zero-order chi connectivity index (χ0) is 21.5. The van der Waals surface area contributed by atoms with Gasteiger partial charge >= 0.3 is 0 Å². The van der Waals surface area contributed by atoms with Crippen LogP contribution < -0.4 is 14.2 Å². The Kier molecular flexibility index (Phi) is 5.04. The summed E-state index contributed by atoms with van der Waals surface area (Å²) in [6.07, 6.45) is 2.43. The molecule has 3 aliphatic rings. The highest BCUT2D eigenvalue weighted by Crippen LogP contribution is 2.39. The van der Waals surface area contributed by atoms with Crippen LogP contribution in [0, 0.1) is 0 Å². The van der Waals surface area contributed by atoms with E-state index in [1.54, 1.807) is 18.9 Å². The summed E-state index contributed by atoms with van der Waals surface area (Å²) in [4.78, 5) is 12.2. The van der Waals surface area contributed by atoms with Crippen molar-refractivity contribution in [2.75, 3.05) is 27.1 Å². The molecule has 1 saturated heterocycles. The van der Waals surface area contributed by atoms with E-state index in [0.29, 0.717) is 0 Å². The molecule has 1 atom stereocenters.